The zero-order valence-electron chi connectivity index (χ0n) is 20.5. The third-order valence-corrected chi connectivity index (χ3v) is 6.68. The van der Waals surface area contributed by atoms with E-state index in [0.717, 1.165) is 34.0 Å². The van der Waals surface area contributed by atoms with E-state index < -0.39 is 6.04 Å². The second-order valence-corrected chi connectivity index (χ2v) is 9.07. The van der Waals surface area contributed by atoms with Gasteiger partial charge in [0.05, 0.1) is 24.9 Å². The molecule has 2 heterocycles. The number of aromatic nitrogens is 2. The van der Waals surface area contributed by atoms with Gasteiger partial charge in [-0.15, -0.1) is 0 Å². The van der Waals surface area contributed by atoms with Crippen LogP contribution in [0.5, 0.6) is 5.75 Å². The Morgan fingerprint density at radius 2 is 1.89 bits per heavy atom. The van der Waals surface area contributed by atoms with E-state index in [9.17, 15) is 9.59 Å². The van der Waals surface area contributed by atoms with Gasteiger partial charge in [0.1, 0.15) is 11.8 Å². The maximum absolute atomic E-state index is 13.6. The quantitative estimate of drug-likeness (QED) is 0.414. The number of imide groups is 1. The van der Waals surface area contributed by atoms with Crippen molar-refractivity contribution in [2.45, 2.75) is 39.8 Å². The van der Waals surface area contributed by atoms with Gasteiger partial charge in [0.2, 0.25) is 5.91 Å². The van der Waals surface area contributed by atoms with Crippen molar-refractivity contribution in [1.29, 1.82) is 0 Å². The van der Waals surface area contributed by atoms with Gasteiger partial charge >= 0.3 is 0 Å². The third-order valence-electron chi connectivity index (χ3n) is 6.35. The van der Waals surface area contributed by atoms with Gasteiger partial charge in [-0.05, 0) is 75.0 Å². The van der Waals surface area contributed by atoms with Crippen LogP contribution in [0, 0.1) is 20.8 Å². The van der Waals surface area contributed by atoms with E-state index in [1.54, 1.807) is 18.1 Å². The fraction of sp³-hybridized carbons (Fsp3) is 0.308. The molecule has 1 saturated heterocycles. The lowest BCUT2D eigenvalue weighted by Crippen LogP contribution is -2.46. The average molecular weight is 492 g/mol. The highest BCUT2D eigenvalue weighted by atomic mass is 32.1. The van der Waals surface area contributed by atoms with Crippen LogP contribution in [0.15, 0.2) is 48.5 Å². The minimum absolute atomic E-state index is 0.0373. The van der Waals surface area contributed by atoms with Gasteiger partial charge < -0.3 is 15.0 Å². The highest BCUT2D eigenvalue weighted by Gasteiger charge is 2.44. The maximum atomic E-state index is 13.6. The SMILES string of the molecule is COc1ccc(NC(=S)N(Cc2c(C)nn(C)c2C)C2CC(=O)N(c3cccc(C)c3)C2=O)cc1. The summed E-state index contributed by atoms with van der Waals surface area (Å²) in [4.78, 5) is 29.7. The molecule has 9 heteroatoms. The Kier molecular flexibility index (Phi) is 6.88. The van der Waals surface area contributed by atoms with E-state index in [2.05, 4.69) is 10.4 Å². The number of thiocarbonyl (C=S) groups is 1. The van der Waals surface area contributed by atoms with Gasteiger partial charge in [-0.2, -0.15) is 5.10 Å². The fourth-order valence-electron chi connectivity index (χ4n) is 4.31. The number of hydrogen-bond donors (Lipinski definition) is 1. The van der Waals surface area contributed by atoms with E-state index in [-0.39, 0.29) is 18.2 Å². The van der Waals surface area contributed by atoms with Crippen molar-refractivity contribution < 1.29 is 14.3 Å². The highest BCUT2D eigenvalue weighted by molar-refractivity contribution is 7.80. The zero-order valence-corrected chi connectivity index (χ0v) is 21.3. The van der Waals surface area contributed by atoms with E-state index >= 15 is 0 Å². The van der Waals surface area contributed by atoms with Gasteiger partial charge in [-0.3, -0.25) is 14.3 Å². The molecule has 0 spiro atoms. The van der Waals surface area contributed by atoms with Crippen LogP contribution in [0.4, 0.5) is 11.4 Å². The smallest absolute Gasteiger partial charge is 0.257 e. The molecule has 35 heavy (non-hydrogen) atoms. The first kappa shape index (κ1) is 24.4. The van der Waals surface area contributed by atoms with Crippen molar-refractivity contribution in [3.05, 3.63) is 71.0 Å². The normalized spacial score (nSPS) is 15.5. The van der Waals surface area contributed by atoms with Crippen molar-refractivity contribution in [2.24, 2.45) is 7.05 Å². The molecule has 2 aromatic carbocycles. The minimum Gasteiger partial charge on any atom is -0.497 e. The molecule has 0 aliphatic carbocycles. The summed E-state index contributed by atoms with van der Waals surface area (Å²) < 4.78 is 7.04. The first-order valence-corrected chi connectivity index (χ1v) is 11.7. The Morgan fingerprint density at radius 3 is 2.49 bits per heavy atom. The molecule has 1 N–H and O–H groups in total. The van der Waals surface area contributed by atoms with Crippen LogP contribution < -0.4 is 15.0 Å². The highest BCUT2D eigenvalue weighted by Crippen LogP contribution is 2.29. The van der Waals surface area contributed by atoms with Gasteiger partial charge in [-0.1, -0.05) is 12.1 Å². The number of rotatable bonds is 6. The minimum atomic E-state index is -0.736. The standard InChI is InChI=1S/C26H29N5O3S/c1-16-7-6-8-20(13-16)31-24(32)14-23(25(31)33)30(15-22-17(2)28-29(4)18(22)3)26(35)27-19-9-11-21(34-5)12-10-19/h6-13,23H,14-15H2,1-5H3,(H,27,35). The number of amides is 2. The number of carbonyl (C=O) groups is 2. The largest absolute Gasteiger partial charge is 0.497 e. The Balaban J connectivity index is 1.67. The number of nitrogens with zero attached hydrogens (tertiary/aromatic N) is 4. The second kappa shape index (κ2) is 9.87. The number of carbonyl (C=O) groups excluding carboxylic acids is 2. The third kappa shape index (κ3) is 4.90. The van der Waals surface area contributed by atoms with Crippen LogP contribution in [0.25, 0.3) is 0 Å². The molecule has 0 saturated carbocycles. The zero-order chi connectivity index (χ0) is 25.3. The summed E-state index contributed by atoms with van der Waals surface area (Å²) >= 11 is 5.79. The molecule has 1 aromatic heterocycles. The van der Waals surface area contributed by atoms with Gasteiger partial charge in [-0.25, -0.2) is 4.90 Å². The van der Waals surface area contributed by atoms with Crippen LogP contribution in [0.2, 0.25) is 0 Å². The summed E-state index contributed by atoms with van der Waals surface area (Å²) in [6.45, 7) is 6.19. The van der Waals surface area contributed by atoms with Crippen molar-refractivity contribution in [3.63, 3.8) is 0 Å². The molecule has 1 fully saturated rings. The van der Waals surface area contributed by atoms with Crippen LogP contribution in [0.3, 0.4) is 0 Å². The Labute approximate surface area is 210 Å². The first-order chi connectivity index (χ1) is 16.7. The monoisotopic (exact) mass is 491 g/mol. The molecule has 2 amide bonds. The van der Waals surface area contributed by atoms with Crippen LogP contribution in [0.1, 0.15) is 28.9 Å². The lowest BCUT2D eigenvalue weighted by molar-refractivity contribution is -0.122. The lowest BCUT2D eigenvalue weighted by atomic mass is 10.1. The lowest BCUT2D eigenvalue weighted by Gasteiger charge is -2.30. The average Bonchev–Trinajstić information content (AvgIpc) is 3.25. The summed E-state index contributed by atoms with van der Waals surface area (Å²) in [6, 6.07) is 14.0. The predicted molar refractivity (Wildman–Crippen MR) is 140 cm³/mol. The topological polar surface area (TPSA) is 79.7 Å². The molecule has 1 aliphatic heterocycles. The van der Waals surface area contributed by atoms with Gasteiger partial charge in [0, 0.05) is 30.5 Å². The number of aryl methyl sites for hydroxylation is 3. The molecule has 1 atom stereocenters. The number of hydrogen-bond acceptors (Lipinski definition) is 5. The van der Waals surface area contributed by atoms with Crippen molar-refractivity contribution in [2.75, 3.05) is 17.3 Å². The summed E-state index contributed by atoms with van der Waals surface area (Å²) in [5, 5.41) is 8.09. The summed E-state index contributed by atoms with van der Waals surface area (Å²) in [5.41, 5.74) is 5.11. The molecule has 182 valence electrons. The molecule has 1 aliphatic rings. The Morgan fingerprint density at radius 1 is 1.17 bits per heavy atom. The molecular formula is C26H29N5O3S. The van der Waals surface area contributed by atoms with Crippen molar-refractivity contribution >= 4 is 40.5 Å². The number of nitrogens with one attached hydrogen (secondary N) is 1. The number of methoxy groups -OCH3 is 1. The number of ether oxygens (including phenoxy) is 1. The Bertz CT molecular complexity index is 1280. The van der Waals surface area contributed by atoms with Crippen LogP contribution in [-0.4, -0.2) is 44.8 Å². The van der Waals surface area contributed by atoms with Gasteiger partial charge in [0.25, 0.3) is 5.91 Å². The maximum Gasteiger partial charge on any atom is 0.257 e. The summed E-state index contributed by atoms with van der Waals surface area (Å²) in [7, 11) is 3.49. The molecule has 3 aromatic rings. The predicted octanol–water partition coefficient (Wildman–Crippen LogP) is 3.89. The number of benzene rings is 2. The van der Waals surface area contributed by atoms with E-state index in [1.165, 1.54) is 4.90 Å². The Hall–Kier alpha value is -3.72. The van der Waals surface area contributed by atoms with Crippen LogP contribution >= 0.6 is 12.2 Å². The second-order valence-electron chi connectivity index (χ2n) is 8.69. The van der Waals surface area contributed by atoms with Gasteiger partial charge in [0.15, 0.2) is 5.11 Å². The number of anilines is 2. The molecule has 0 bridgehead atoms. The fourth-order valence-corrected chi connectivity index (χ4v) is 4.62. The van der Waals surface area contributed by atoms with Crippen molar-refractivity contribution in [3.8, 4) is 5.75 Å². The van der Waals surface area contributed by atoms with Crippen LogP contribution in [-0.2, 0) is 23.2 Å². The van der Waals surface area contributed by atoms with E-state index in [1.807, 2.05) is 75.0 Å². The van der Waals surface area contributed by atoms with E-state index in [4.69, 9.17) is 17.0 Å². The molecule has 8 nitrogen and oxygen atoms in total. The molecule has 0 radical (unpaired) electrons. The van der Waals surface area contributed by atoms with Crippen molar-refractivity contribution in [1.82, 2.24) is 14.7 Å². The molecule has 4 rings (SSSR count). The molecule has 1 unspecified atom stereocenters. The molecular weight excluding hydrogens is 462 g/mol. The first-order valence-electron chi connectivity index (χ1n) is 11.3. The summed E-state index contributed by atoms with van der Waals surface area (Å²) in [5.74, 6) is 0.187. The van der Waals surface area contributed by atoms with E-state index in [0.29, 0.717) is 17.3 Å². The summed E-state index contributed by atoms with van der Waals surface area (Å²) in [6.07, 6.45) is 0.0373.